The highest BCUT2D eigenvalue weighted by Crippen LogP contribution is 2.15. The Morgan fingerprint density at radius 2 is 2.06 bits per heavy atom. The Balaban J connectivity index is 3.00. The highest BCUT2D eigenvalue weighted by molar-refractivity contribution is 5.37. The minimum absolute atomic E-state index is 0.255. The van der Waals surface area contributed by atoms with Crippen LogP contribution in [-0.2, 0) is 0 Å². The van der Waals surface area contributed by atoms with Crippen molar-refractivity contribution >= 4 is 11.9 Å². The van der Waals surface area contributed by atoms with Crippen LogP contribution in [-0.4, -0.2) is 35.2 Å². The molecule has 7 nitrogen and oxygen atoms in total. The van der Waals surface area contributed by atoms with E-state index in [4.69, 9.17) is 10.6 Å². The van der Waals surface area contributed by atoms with E-state index in [1.165, 1.54) is 7.11 Å². The lowest BCUT2D eigenvalue weighted by Gasteiger charge is -2.23. The minimum atomic E-state index is 0.255. The molecule has 1 aromatic rings. The Hall–Kier alpha value is -1.63. The number of nitrogen functional groups attached to an aromatic ring is 1. The predicted octanol–water partition coefficient (Wildman–Crippen LogP) is 0.648. The van der Waals surface area contributed by atoms with Gasteiger partial charge in [-0.3, -0.25) is 5.43 Å². The number of nitrogens with two attached hydrogens (primary N) is 1. The van der Waals surface area contributed by atoms with Crippen LogP contribution in [0.15, 0.2) is 0 Å². The van der Waals surface area contributed by atoms with Gasteiger partial charge in [0.1, 0.15) is 0 Å². The summed E-state index contributed by atoms with van der Waals surface area (Å²) < 4.78 is 5.01. The van der Waals surface area contributed by atoms with Crippen molar-refractivity contribution in [3.63, 3.8) is 0 Å². The molecule has 0 bridgehead atoms. The summed E-state index contributed by atoms with van der Waals surface area (Å²) in [7, 11) is 1.51. The lowest BCUT2D eigenvalue weighted by atomic mass is 10.2. The SMILES string of the molecule is CCN(CC(C)C)c1nc(NN)nc(OC)n1. The average molecular weight is 240 g/mol. The van der Waals surface area contributed by atoms with Crippen molar-refractivity contribution in [1.29, 1.82) is 0 Å². The fraction of sp³-hybridized carbons (Fsp3) is 0.700. The molecule has 0 aliphatic carbocycles. The topological polar surface area (TPSA) is 89.2 Å². The summed E-state index contributed by atoms with van der Waals surface area (Å²) in [5.74, 6) is 6.70. The molecule has 0 aliphatic rings. The molecule has 96 valence electrons. The number of rotatable bonds is 6. The van der Waals surface area contributed by atoms with Gasteiger partial charge < -0.3 is 9.64 Å². The second-order valence-corrected chi connectivity index (χ2v) is 4.02. The first kappa shape index (κ1) is 13.4. The van der Waals surface area contributed by atoms with Crippen molar-refractivity contribution in [2.75, 3.05) is 30.5 Å². The average Bonchev–Trinajstić information content (AvgIpc) is 2.34. The molecule has 0 radical (unpaired) electrons. The van der Waals surface area contributed by atoms with Crippen LogP contribution in [0, 0.1) is 5.92 Å². The van der Waals surface area contributed by atoms with Crippen molar-refractivity contribution in [2.45, 2.75) is 20.8 Å². The van der Waals surface area contributed by atoms with Gasteiger partial charge in [-0.15, -0.1) is 0 Å². The van der Waals surface area contributed by atoms with Gasteiger partial charge in [-0.05, 0) is 12.8 Å². The molecule has 1 aromatic heterocycles. The van der Waals surface area contributed by atoms with E-state index in [1.807, 2.05) is 6.92 Å². The molecule has 17 heavy (non-hydrogen) atoms. The molecule has 0 saturated carbocycles. The molecule has 0 unspecified atom stereocenters. The van der Waals surface area contributed by atoms with Crippen LogP contribution in [0.3, 0.4) is 0 Å². The third-order valence-corrected chi connectivity index (χ3v) is 2.16. The number of nitrogens with zero attached hydrogens (tertiary/aromatic N) is 4. The molecule has 0 amide bonds. The summed E-state index contributed by atoms with van der Waals surface area (Å²) in [5, 5.41) is 0. The zero-order valence-electron chi connectivity index (χ0n) is 10.8. The van der Waals surface area contributed by atoms with Crippen molar-refractivity contribution in [2.24, 2.45) is 11.8 Å². The fourth-order valence-corrected chi connectivity index (χ4v) is 1.44. The highest BCUT2D eigenvalue weighted by Gasteiger charge is 2.13. The van der Waals surface area contributed by atoms with E-state index in [-0.39, 0.29) is 6.01 Å². The van der Waals surface area contributed by atoms with Crippen LogP contribution >= 0.6 is 0 Å². The van der Waals surface area contributed by atoms with Crippen molar-refractivity contribution in [3.8, 4) is 6.01 Å². The van der Waals surface area contributed by atoms with E-state index in [2.05, 4.69) is 39.1 Å². The molecular weight excluding hydrogens is 220 g/mol. The normalized spacial score (nSPS) is 10.5. The van der Waals surface area contributed by atoms with Gasteiger partial charge in [0.2, 0.25) is 11.9 Å². The highest BCUT2D eigenvalue weighted by atomic mass is 16.5. The Morgan fingerprint density at radius 1 is 1.35 bits per heavy atom. The summed E-state index contributed by atoms with van der Waals surface area (Å²) in [5.41, 5.74) is 2.41. The lowest BCUT2D eigenvalue weighted by molar-refractivity contribution is 0.378. The molecule has 0 aromatic carbocycles. The van der Waals surface area contributed by atoms with Gasteiger partial charge in [0.25, 0.3) is 0 Å². The van der Waals surface area contributed by atoms with Crippen LogP contribution in [0.25, 0.3) is 0 Å². The largest absolute Gasteiger partial charge is 0.467 e. The first-order valence-electron chi connectivity index (χ1n) is 5.62. The predicted molar refractivity (Wildman–Crippen MR) is 66.9 cm³/mol. The van der Waals surface area contributed by atoms with Gasteiger partial charge in [0.05, 0.1) is 7.11 Å². The van der Waals surface area contributed by atoms with E-state index >= 15 is 0 Å². The number of methoxy groups -OCH3 is 1. The molecule has 1 heterocycles. The number of ether oxygens (including phenoxy) is 1. The first-order valence-corrected chi connectivity index (χ1v) is 5.62. The van der Waals surface area contributed by atoms with Crippen LogP contribution in [0.4, 0.5) is 11.9 Å². The quantitative estimate of drug-likeness (QED) is 0.557. The van der Waals surface area contributed by atoms with Crippen LogP contribution < -0.4 is 20.9 Å². The first-order chi connectivity index (χ1) is 8.10. The van der Waals surface area contributed by atoms with E-state index in [1.54, 1.807) is 0 Å². The second kappa shape index (κ2) is 6.19. The maximum Gasteiger partial charge on any atom is 0.322 e. The summed E-state index contributed by atoms with van der Waals surface area (Å²) in [4.78, 5) is 14.4. The summed E-state index contributed by atoms with van der Waals surface area (Å²) in [6, 6.07) is 0.255. The van der Waals surface area contributed by atoms with Gasteiger partial charge in [0, 0.05) is 13.1 Å². The van der Waals surface area contributed by atoms with Crippen LogP contribution in [0.5, 0.6) is 6.01 Å². The summed E-state index contributed by atoms with van der Waals surface area (Å²) in [6.07, 6.45) is 0. The number of nitrogens with one attached hydrogen (secondary N) is 1. The zero-order valence-corrected chi connectivity index (χ0v) is 10.8. The minimum Gasteiger partial charge on any atom is -0.467 e. The van der Waals surface area contributed by atoms with Crippen molar-refractivity contribution < 1.29 is 4.74 Å². The molecule has 1 rings (SSSR count). The molecule has 3 N–H and O–H groups in total. The molecule has 0 atom stereocenters. The summed E-state index contributed by atoms with van der Waals surface area (Å²) >= 11 is 0. The standard InChI is InChI=1S/C10H20N6O/c1-5-16(6-7(2)3)9-12-8(15-11)13-10(14-9)17-4/h7H,5-6,11H2,1-4H3,(H,12,13,14,15). The van der Waals surface area contributed by atoms with Crippen molar-refractivity contribution in [1.82, 2.24) is 15.0 Å². The van der Waals surface area contributed by atoms with E-state index in [0.29, 0.717) is 17.8 Å². The number of anilines is 2. The van der Waals surface area contributed by atoms with Gasteiger partial charge in [-0.2, -0.15) is 15.0 Å². The number of hydrogen-bond donors (Lipinski definition) is 2. The molecule has 0 saturated heterocycles. The van der Waals surface area contributed by atoms with Crippen LogP contribution in [0.1, 0.15) is 20.8 Å². The Kier molecular flexibility index (Phi) is 4.89. The number of aromatic nitrogens is 3. The fourth-order valence-electron chi connectivity index (χ4n) is 1.44. The van der Waals surface area contributed by atoms with Gasteiger partial charge in [-0.25, -0.2) is 5.84 Å². The van der Waals surface area contributed by atoms with Gasteiger partial charge >= 0.3 is 6.01 Å². The van der Waals surface area contributed by atoms with Gasteiger partial charge in [0.15, 0.2) is 0 Å². The Labute approximate surface area is 101 Å². The molecule has 0 fully saturated rings. The molecular formula is C10H20N6O. The Morgan fingerprint density at radius 3 is 2.53 bits per heavy atom. The molecule has 0 aliphatic heterocycles. The molecule has 0 spiro atoms. The summed E-state index contributed by atoms with van der Waals surface area (Å²) in [6.45, 7) is 8.02. The second-order valence-electron chi connectivity index (χ2n) is 4.02. The monoisotopic (exact) mass is 240 g/mol. The third-order valence-electron chi connectivity index (χ3n) is 2.16. The van der Waals surface area contributed by atoms with E-state index < -0.39 is 0 Å². The van der Waals surface area contributed by atoms with E-state index in [0.717, 1.165) is 13.1 Å². The maximum absolute atomic E-state index is 5.31. The van der Waals surface area contributed by atoms with Crippen molar-refractivity contribution in [3.05, 3.63) is 0 Å². The third kappa shape index (κ3) is 3.70. The van der Waals surface area contributed by atoms with Gasteiger partial charge in [-0.1, -0.05) is 13.8 Å². The lowest BCUT2D eigenvalue weighted by Crippen LogP contribution is -2.29. The molecule has 7 heteroatoms. The Bertz CT molecular complexity index is 334. The zero-order chi connectivity index (χ0) is 12.8. The number of hydrazine groups is 1. The smallest absolute Gasteiger partial charge is 0.322 e. The number of hydrogen-bond acceptors (Lipinski definition) is 7. The maximum atomic E-state index is 5.31. The van der Waals surface area contributed by atoms with Crippen LogP contribution in [0.2, 0.25) is 0 Å². The van der Waals surface area contributed by atoms with E-state index in [9.17, 15) is 0 Å².